The summed E-state index contributed by atoms with van der Waals surface area (Å²) in [6.45, 7) is 6.40. The molecule has 2 rings (SSSR count). The lowest BCUT2D eigenvalue weighted by atomic mass is 9.97. The molecular weight excluding hydrogens is 254 g/mol. The number of hydrogen-bond donors (Lipinski definition) is 1. The highest BCUT2D eigenvalue weighted by Crippen LogP contribution is 2.19. The molecule has 2 N–H and O–H groups in total. The number of thiazole rings is 1. The predicted molar refractivity (Wildman–Crippen MR) is 75.8 cm³/mol. The molecule has 1 aliphatic rings. The number of aromatic nitrogens is 1. The van der Waals surface area contributed by atoms with Gasteiger partial charge in [-0.3, -0.25) is 4.90 Å². The Kier molecular flexibility index (Phi) is 6.41. The number of likely N-dealkylation sites (tertiary alicyclic amines) is 1. The van der Waals surface area contributed by atoms with Crippen molar-refractivity contribution in [2.24, 2.45) is 11.7 Å². The number of nitrogens with two attached hydrogens (primary N) is 1. The molecule has 5 heteroatoms. The fourth-order valence-electron chi connectivity index (χ4n) is 2.19. The van der Waals surface area contributed by atoms with Crippen LogP contribution in [0.5, 0.6) is 0 Å². The van der Waals surface area contributed by atoms with Crippen LogP contribution in [-0.2, 0) is 13.0 Å². The fourth-order valence-corrected chi connectivity index (χ4v) is 2.93. The highest BCUT2D eigenvalue weighted by atomic mass is 35.5. The first kappa shape index (κ1) is 14.9. The molecule has 0 unspecified atom stereocenters. The highest BCUT2D eigenvalue weighted by molar-refractivity contribution is 7.09. The maximum atomic E-state index is 5.69. The molecule has 0 spiro atoms. The lowest BCUT2D eigenvalue weighted by Gasteiger charge is -2.30. The van der Waals surface area contributed by atoms with Crippen LogP contribution in [0, 0.1) is 5.92 Å². The van der Waals surface area contributed by atoms with Crippen LogP contribution >= 0.6 is 23.7 Å². The SMILES string of the molecule is CCc1nc(CN2CCC(CN)CC2)cs1.Cl. The third-order valence-electron chi connectivity index (χ3n) is 3.33. The van der Waals surface area contributed by atoms with Crippen molar-refractivity contribution in [3.05, 3.63) is 16.1 Å². The van der Waals surface area contributed by atoms with Gasteiger partial charge in [0.1, 0.15) is 0 Å². The van der Waals surface area contributed by atoms with E-state index in [2.05, 4.69) is 22.2 Å². The van der Waals surface area contributed by atoms with Gasteiger partial charge in [-0.15, -0.1) is 23.7 Å². The molecule has 98 valence electrons. The van der Waals surface area contributed by atoms with Gasteiger partial charge in [0.15, 0.2) is 0 Å². The van der Waals surface area contributed by atoms with Crippen LogP contribution in [0.2, 0.25) is 0 Å². The molecular formula is C12H22ClN3S. The van der Waals surface area contributed by atoms with Crippen LogP contribution in [-0.4, -0.2) is 29.5 Å². The van der Waals surface area contributed by atoms with E-state index in [9.17, 15) is 0 Å². The molecule has 17 heavy (non-hydrogen) atoms. The fraction of sp³-hybridized carbons (Fsp3) is 0.750. The number of rotatable bonds is 4. The summed E-state index contributed by atoms with van der Waals surface area (Å²) in [5.74, 6) is 0.748. The quantitative estimate of drug-likeness (QED) is 0.917. The minimum atomic E-state index is 0. The molecule has 1 aromatic rings. The summed E-state index contributed by atoms with van der Waals surface area (Å²) in [6, 6.07) is 0. The zero-order valence-corrected chi connectivity index (χ0v) is 12.0. The number of aryl methyl sites for hydroxylation is 1. The lowest BCUT2D eigenvalue weighted by Crippen LogP contribution is -2.35. The van der Waals surface area contributed by atoms with Crippen molar-refractivity contribution in [3.63, 3.8) is 0 Å². The van der Waals surface area contributed by atoms with Crippen LogP contribution in [0.15, 0.2) is 5.38 Å². The van der Waals surface area contributed by atoms with Crippen LogP contribution in [0.3, 0.4) is 0 Å². The Morgan fingerprint density at radius 3 is 2.71 bits per heavy atom. The van der Waals surface area contributed by atoms with Gasteiger partial charge in [-0.2, -0.15) is 0 Å². The molecule has 0 aromatic carbocycles. The van der Waals surface area contributed by atoms with Crippen LogP contribution < -0.4 is 5.73 Å². The Bertz CT molecular complexity index is 321. The van der Waals surface area contributed by atoms with E-state index in [0.29, 0.717) is 0 Å². The normalized spacial score (nSPS) is 18.0. The van der Waals surface area contributed by atoms with Gasteiger partial charge < -0.3 is 5.73 Å². The van der Waals surface area contributed by atoms with E-state index in [1.165, 1.54) is 36.6 Å². The first-order chi connectivity index (χ1) is 7.81. The molecule has 1 saturated heterocycles. The zero-order valence-electron chi connectivity index (χ0n) is 10.4. The number of piperidine rings is 1. The van der Waals surface area contributed by atoms with Gasteiger partial charge in [-0.1, -0.05) is 6.92 Å². The summed E-state index contributed by atoms with van der Waals surface area (Å²) < 4.78 is 0. The molecule has 0 aliphatic carbocycles. The van der Waals surface area contributed by atoms with E-state index in [1.54, 1.807) is 11.3 Å². The average molecular weight is 276 g/mol. The van der Waals surface area contributed by atoms with Gasteiger partial charge in [0.05, 0.1) is 10.7 Å². The van der Waals surface area contributed by atoms with E-state index in [4.69, 9.17) is 5.73 Å². The Morgan fingerprint density at radius 2 is 2.18 bits per heavy atom. The summed E-state index contributed by atoms with van der Waals surface area (Å²) in [6.07, 6.45) is 3.56. The number of nitrogens with zero attached hydrogens (tertiary/aromatic N) is 2. The second-order valence-corrected chi connectivity index (χ2v) is 5.48. The van der Waals surface area contributed by atoms with Gasteiger partial charge in [-0.25, -0.2) is 4.98 Å². The first-order valence-electron chi connectivity index (χ1n) is 6.17. The van der Waals surface area contributed by atoms with Crippen LogP contribution in [0.1, 0.15) is 30.5 Å². The standard InChI is InChI=1S/C12H21N3S.ClH/c1-2-12-14-11(9-16-12)8-15-5-3-10(7-13)4-6-15;/h9-10H,2-8,13H2,1H3;1H. The molecule has 0 radical (unpaired) electrons. The lowest BCUT2D eigenvalue weighted by molar-refractivity contribution is 0.179. The minimum Gasteiger partial charge on any atom is -0.330 e. The Morgan fingerprint density at radius 1 is 1.47 bits per heavy atom. The van der Waals surface area contributed by atoms with Crippen molar-refractivity contribution in [2.45, 2.75) is 32.7 Å². The van der Waals surface area contributed by atoms with E-state index >= 15 is 0 Å². The predicted octanol–water partition coefficient (Wildman–Crippen LogP) is 2.30. The van der Waals surface area contributed by atoms with Crippen molar-refractivity contribution in [3.8, 4) is 0 Å². The molecule has 0 bridgehead atoms. The molecule has 1 aliphatic heterocycles. The summed E-state index contributed by atoms with van der Waals surface area (Å²) in [7, 11) is 0. The zero-order chi connectivity index (χ0) is 11.4. The second kappa shape index (κ2) is 7.31. The van der Waals surface area contributed by atoms with Gasteiger partial charge >= 0.3 is 0 Å². The van der Waals surface area contributed by atoms with E-state index in [1.807, 2.05) is 0 Å². The summed E-state index contributed by atoms with van der Waals surface area (Å²) >= 11 is 1.79. The van der Waals surface area contributed by atoms with Crippen molar-refractivity contribution < 1.29 is 0 Å². The van der Waals surface area contributed by atoms with Crippen LogP contribution in [0.25, 0.3) is 0 Å². The van der Waals surface area contributed by atoms with Crippen molar-refractivity contribution >= 4 is 23.7 Å². The average Bonchev–Trinajstić information content (AvgIpc) is 2.78. The minimum absolute atomic E-state index is 0. The van der Waals surface area contributed by atoms with Gasteiger partial charge in [-0.05, 0) is 44.8 Å². The second-order valence-electron chi connectivity index (χ2n) is 4.54. The van der Waals surface area contributed by atoms with E-state index in [0.717, 1.165) is 25.4 Å². The highest BCUT2D eigenvalue weighted by Gasteiger charge is 2.18. The smallest absolute Gasteiger partial charge is 0.0926 e. The molecule has 0 atom stereocenters. The molecule has 1 aromatic heterocycles. The summed E-state index contributed by atoms with van der Waals surface area (Å²) in [4.78, 5) is 7.11. The largest absolute Gasteiger partial charge is 0.330 e. The summed E-state index contributed by atoms with van der Waals surface area (Å²) in [5, 5.41) is 3.46. The third-order valence-corrected chi connectivity index (χ3v) is 4.37. The molecule has 3 nitrogen and oxygen atoms in total. The maximum absolute atomic E-state index is 5.69. The Balaban J connectivity index is 0.00000144. The summed E-state index contributed by atoms with van der Waals surface area (Å²) in [5.41, 5.74) is 6.94. The monoisotopic (exact) mass is 275 g/mol. The number of halogens is 1. The van der Waals surface area contributed by atoms with Crippen molar-refractivity contribution in [2.75, 3.05) is 19.6 Å². The maximum Gasteiger partial charge on any atom is 0.0926 e. The van der Waals surface area contributed by atoms with Crippen LogP contribution in [0.4, 0.5) is 0 Å². The van der Waals surface area contributed by atoms with E-state index in [-0.39, 0.29) is 12.4 Å². The van der Waals surface area contributed by atoms with Gasteiger partial charge in [0.25, 0.3) is 0 Å². The molecule has 1 fully saturated rings. The van der Waals surface area contributed by atoms with Gasteiger partial charge in [0.2, 0.25) is 0 Å². The first-order valence-corrected chi connectivity index (χ1v) is 7.05. The van der Waals surface area contributed by atoms with E-state index < -0.39 is 0 Å². The molecule has 2 heterocycles. The topological polar surface area (TPSA) is 42.2 Å². The number of hydrogen-bond acceptors (Lipinski definition) is 4. The molecule has 0 saturated carbocycles. The van der Waals surface area contributed by atoms with Gasteiger partial charge in [0, 0.05) is 11.9 Å². The molecule has 0 amide bonds. The Hall–Kier alpha value is -0.160. The van der Waals surface area contributed by atoms with Crippen molar-refractivity contribution in [1.29, 1.82) is 0 Å². The Labute approximate surface area is 114 Å². The third kappa shape index (κ3) is 4.21. The van der Waals surface area contributed by atoms with Crippen molar-refractivity contribution in [1.82, 2.24) is 9.88 Å².